The Bertz CT molecular complexity index is 1150. The van der Waals surface area contributed by atoms with Gasteiger partial charge in [0.25, 0.3) is 0 Å². The summed E-state index contributed by atoms with van der Waals surface area (Å²) in [5, 5.41) is 0. The third kappa shape index (κ3) is 6.95. The topological polar surface area (TPSA) is 18.5 Å². The van der Waals surface area contributed by atoms with E-state index < -0.39 is 11.6 Å². The molecule has 3 aromatic carbocycles. The lowest BCUT2D eigenvalue weighted by Gasteiger charge is -2.29. The van der Waals surface area contributed by atoms with E-state index in [4.69, 9.17) is 9.47 Å². The summed E-state index contributed by atoms with van der Waals surface area (Å²) in [5.74, 6) is -1.41. The van der Waals surface area contributed by atoms with Gasteiger partial charge in [-0.25, -0.2) is 13.2 Å². The lowest BCUT2D eigenvalue weighted by Crippen LogP contribution is -2.21. The van der Waals surface area contributed by atoms with E-state index in [1.165, 1.54) is 24.5 Å². The summed E-state index contributed by atoms with van der Waals surface area (Å²) in [6.45, 7) is 4.70. The van der Waals surface area contributed by atoms with Gasteiger partial charge in [-0.05, 0) is 74.1 Å². The fourth-order valence-electron chi connectivity index (χ4n) is 5.18. The predicted octanol–water partition coefficient (Wildman–Crippen LogP) is 9.15. The van der Waals surface area contributed by atoms with Gasteiger partial charge in [0.1, 0.15) is 11.6 Å². The van der Waals surface area contributed by atoms with Crippen molar-refractivity contribution >= 4 is 0 Å². The SMILES string of the molecule is CCCCCc1ccc(-c2ccc(C3CCC(OCc4ccc(OCC)cc4F)CC3)c(F)c2F)cc1. The van der Waals surface area contributed by atoms with Crippen molar-refractivity contribution in [3.63, 3.8) is 0 Å². The second-order valence-corrected chi connectivity index (χ2v) is 9.96. The molecule has 0 saturated heterocycles. The van der Waals surface area contributed by atoms with Gasteiger partial charge in [0.2, 0.25) is 0 Å². The van der Waals surface area contributed by atoms with E-state index in [-0.39, 0.29) is 24.4 Å². The van der Waals surface area contributed by atoms with E-state index in [9.17, 15) is 4.39 Å². The van der Waals surface area contributed by atoms with Crippen LogP contribution < -0.4 is 4.74 Å². The molecule has 5 heteroatoms. The fraction of sp³-hybridized carbons (Fsp3) is 0.438. The van der Waals surface area contributed by atoms with Crippen molar-refractivity contribution in [1.82, 2.24) is 0 Å². The Hall–Kier alpha value is -2.79. The molecule has 0 aromatic heterocycles. The average molecular weight is 511 g/mol. The van der Waals surface area contributed by atoms with E-state index in [2.05, 4.69) is 6.92 Å². The van der Waals surface area contributed by atoms with Crippen molar-refractivity contribution < 1.29 is 22.6 Å². The van der Waals surface area contributed by atoms with Gasteiger partial charge >= 0.3 is 0 Å². The summed E-state index contributed by atoms with van der Waals surface area (Å²) in [4.78, 5) is 0. The minimum Gasteiger partial charge on any atom is -0.494 e. The van der Waals surface area contributed by atoms with E-state index in [1.54, 1.807) is 24.3 Å². The van der Waals surface area contributed by atoms with Crippen LogP contribution in [-0.4, -0.2) is 12.7 Å². The van der Waals surface area contributed by atoms with E-state index >= 15 is 8.78 Å². The summed E-state index contributed by atoms with van der Waals surface area (Å²) in [7, 11) is 0. The van der Waals surface area contributed by atoms with E-state index in [0.717, 1.165) is 25.7 Å². The largest absolute Gasteiger partial charge is 0.494 e. The highest BCUT2D eigenvalue weighted by atomic mass is 19.2. The highest BCUT2D eigenvalue weighted by molar-refractivity contribution is 5.65. The average Bonchev–Trinajstić information content (AvgIpc) is 2.91. The molecular formula is C32H37F3O2. The molecule has 0 spiro atoms. The summed E-state index contributed by atoms with van der Waals surface area (Å²) in [5.41, 5.74) is 3.15. The van der Waals surface area contributed by atoms with Crippen LogP contribution in [0.3, 0.4) is 0 Å². The first-order valence-corrected chi connectivity index (χ1v) is 13.6. The second kappa shape index (κ2) is 13.1. The van der Waals surface area contributed by atoms with Crippen LogP contribution in [0, 0.1) is 17.5 Å². The molecule has 0 amide bonds. The zero-order valence-corrected chi connectivity index (χ0v) is 21.9. The Morgan fingerprint density at radius 3 is 2.24 bits per heavy atom. The van der Waals surface area contributed by atoms with Crippen molar-refractivity contribution in [3.05, 3.63) is 88.7 Å². The molecule has 4 rings (SSSR count). The third-order valence-corrected chi connectivity index (χ3v) is 7.37. The lowest BCUT2D eigenvalue weighted by molar-refractivity contribution is 0.0118. The van der Waals surface area contributed by atoms with Crippen molar-refractivity contribution in [2.24, 2.45) is 0 Å². The molecule has 1 aliphatic carbocycles. The number of hydrogen-bond acceptors (Lipinski definition) is 2. The predicted molar refractivity (Wildman–Crippen MR) is 142 cm³/mol. The number of aryl methyl sites for hydroxylation is 1. The number of ether oxygens (including phenoxy) is 2. The molecule has 1 fully saturated rings. The van der Waals surface area contributed by atoms with Gasteiger partial charge in [-0.15, -0.1) is 0 Å². The summed E-state index contributed by atoms with van der Waals surface area (Å²) in [6.07, 6.45) is 7.36. The molecule has 0 bridgehead atoms. The first-order valence-electron chi connectivity index (χ1n) is 13.6. The van der Waals surface area contributed by atoms with Crippen LogP contribution in [0.1, 0.15) is 81.4 Å². The van der Waals surface area contributed by atoms with Crippen LogP contribution in [-0.2, 0) is 17.8 Å². The van der Waals surface area contributed by atoms with Crippen LogP contribution in [0.5, 0.6) is 5.75 Å². The fourth-order valence-corrected chi connectivity index (χ4v) is 5.18. The lowest BCUT2D eigenvalue weighted by atomic mass is 9.82. The quantitative estimate of drug-likeness (QED) is 0.239. The molecule has 0 heterocycles. The minimum atomic E-state index is -0.777. The van der Waals surface area contributed by atoms with E-state index in [1.807, 2.05) is 31.2 Å². The van der Waals surface area contributed by atoms with E-state index in [0.29, 0.717) is 47.5 Å². The summed E-state index contributed by atoms with van der Waals surface area (Å²) < 4.78 is 55.8. The maximum absolute atomic E-state index is 15.2. The molecule has 1 saturated carbocycles. The van der Waals surface area contributed by atoms with Crippen LogP contribution in [0.25, 0.3) is 11.1 Å². The highest BCUT2D eigenvalue weighted by Crippen LogP contribution is 2.38. The first-order chi connectivity index (χ1) is 18.0. The van der Waals surface area contributed by atoms with Gasteiger partial charge in [0.05, 0.1) is 19.3 Å². The minimum absolute atomic E-state index is 0.0229. The molecular weight excluding hydrogens is 473 g/mol. The molecule has 0 radical (unpaired) electrons. The van der Waals surface area contributed by atoms with Crippen LogP contribution in [0.4, 0.5) is 13.2 Å². The smallest absolute Gasteiger partial charge is 0.166 e. The summed E-state index contributed by atoms with van der Waals surface area (Å²) >= 11 is 0. The maximum Gasteiger partial charge on any atom is 0.166 e. The number of benzene rings is 3. The van der Waals surface area contributed by atoms with Crippen molar-refractivity contribution in [2.75, 3.05) is 6.61 Å². The Morgan fingerprint density at radius 2 is 1.57 bits per heavy atom. The number of hydrogen-bond donors (Lipinski definition) is 0. The molecule has 37 heavy (non-hydrogen) atoms. The third-order valence-electron chi connectivity index (χ3n) is 7.37. The maximum atomic E-state index is 15.2. The zero-order valence-electron chi connectivity index (χ0n) is 21.9. The standard InChI is InChI=1S/C32H37F3O2/c1-3-5-6-7-22-8-10-23(11-9-22)28-18-19-29(32(35)31(28)34)24-12-15-26(16-13-24)37-21-25-14-17-27(36-4-2)20-30(25)33/h8-11,14,17-20,24,26H,3-7,12-13,15-16,21H2,1-2H3. The number of rotatable bonds is 11. The van der Waals surface area contributed by atoms with Crippen molar-refractivity contribution in [2.45, 2.75) is 83.8 Å². The monoisotopic (exact) mass is 510 g/mol. The van der Waals surface area contributed by atoms with Crippen molar-refractivity contribution in [1.29, 1.82) is 0 Å². The zero-order chi connectivity index (χ0) is 26.2. The van der Waals surface area contributed by atoms with Gasteiger partial charge in [-0.1, -0.05) is 62.2 Å². The Labute approximate surface area is 218 Å². The second-order valence-electron chi connectivity index (χ2n) is 9.96. The molecule has 1 aliphatic rings. The van der Waals surface area contributed by atoms with Crippen LogP contribution >= 0.6 is 0 Å². The molecule has 2 nitrogen and oxygen atoms in total. The highest BCUT2D eigenvalue weighted by Gasteiger charge is 2.27. The number of unbranched alkanes of at least 4 members (excludes halogenated alkanes) is 2. The molecule has 0 N–H and O–H groups in total. The Balaban J connectivity index is 1.33. The molecule has 3 aromatic rings. The first kappa shape index (κ1) is 27.3. The van der Waals surface area contributed by atoms with Gasteiger partial charge in [-0.2, -0.15) is 0 Å². The molecule has 0 aliphatic heterocycles. The van der Waals surface area contributed by atoms with Gasteiger partial charge in [0.15, 0.2) is 11.6 Å². The Kier molecular flexibility index (Phi) is 9.68. The van der Waals surface area contributed by atoms with Crippen LogP contribution in [0.15, 0.2) is 54.6 Å². The molecule has 198 valence electrons. The van der Waals surface area contributed by atoms with Gasteiger partial charge < -0.3 is 9.47 Å². The van der Waals surface area contributed by atoms with Gasteiger partial charge in [-0.3, -0.25) is 0 Å². The van der Waals surface area contributed by atoms with Crippen LogP contribution in [0.2, 0.25) is 0 Å². The Morgan fingerprint density at radius 1 is 0.811 bits per heavy atom. The molecule has 0 unspecified atom stereocenters. The normalized spacial score (nSPS) is 17.6. The van der Waals surface area contributed by atoms with Gasteiger partial charge in [0, 0.05) is 17.2 Å². The molecule has 0 atom stereocenters. The number of halogens is 3. The van der Waals surface area contributed by atoms with Crippen molar-refractivity contribution in [3.8, 4) is 16.9 Å². The summed E-state index contributed by atoms with van der Waals surface area (Å²) in [6, 6.07) is 16.0.